The molecule has 2 aromatic carbocycles. The van der Waals surface area contributed by atoms with Gasteiger partial charge >= 0.3 is 0 Å². The summed E-state index contributed by atoms with van der Waals surface area (Å²) in [4.78, 5) is 0. The van der Waals surface area contributed by atoms with Gasteiger partial charge in [0.1, 0.15) is 0 Å². The summed E-state index contributed by atoms with van der Waals surface area (Å²) in [7, 11) is 0. The summed E-state index contributed by atoms with van der Waals surface area (Å²) < 4.78 is 0. The minimum Gasteiger partial charge on any atom is -0.0776 e. The maximum absolute atomic E-state index is 2.37. The third kappa shape index (κ3) is 5.68. The van der Waals surface area contributed by atoms with Crippen molar-refractivity contribution in [1.29, 1.82) is 0 Å². The fourth-order valence-corrected chi connectivity index (χ4v) is 2.91. The van der Waals surface area contributed by atoms with E-state index in [1.807, 2.05) is 27.7 Å². The average molecular weight is 317 g/mol. The van der Waals surface area contributed by atoms with E-state index in [-0.39, 0.29) is 7.43 Å². The molecule has 0 radical (unpaired) electrons. The normalized spacial score (nSPS) is 9.74. The molecular formula is C23H40. The molecule has 23 heavy (non-hydrogen) atoms. The number of fused-ring (bicyclic) bond motifs is 1. The molecule has 0 unspecified atom stereocenters. The van der Waals surface area contributed by atoms with E-state index in [1.165, 1.54) is 33.0 Å². The highest BCUT2D eigenvalue weighted by Crippen LogP contribution is 2.31. The van der Waals surface area contributed by atoms with Crippen LogP contribution in [0.25, 0.3) is 10.8 Å². The highest BCUT2D eigenvalue weighted by Gasteiger charge is 2.10. The van der Waals surface area contributed by atoms with Crippen molar-refractivity contribution in [1.82, 2.24) is 0 Å². The van der Waals surface area contributed by atoms with Crippen LogP contribution in [0.3, 0.4) is 0 Å². The molecule has 0 saturated heterocycles. The van der Waals surface area contributed by atoms with Crippen molar-refractivity contribution in [2.45, 2.75) is 88.5 Å². The molecule has 0 N–H and O–H groups in total. The van der Waals surface area contributed by atoms with Crippen molar-refractivity contribution in [3.63, 3.8) is 0 Å². The Bertz CT molecular complexity index is 568. The largest absolute Gasteiger partial charge is 0.0776 e. The van der Waals surface area contributed by atoms with Gasteiger partial charge in [-0.1, -0.05) is 87.1 Å². The Morgan fingerprint density at radius 1 is 0.696 bits per heavy atom. The molecule has 0 saturated carbocycles. The highest BCUT2D eigenvalue weighted by atomic mass is 14.1. The minimum atomic E-state index is 0. The van der Waals surface area contributed by atoms with Gasteiger partial charge in [-0.25, -0.2) is 0 Å². The molecule has 0 aliphatic carbocycles. The molecule has 0 fully saturated rings. The third-order valence-corrected chi connectivity index (χ3v) is 3.96. The third-order valence-electron chi connectivity index (χ3n) is 3.96. The number of hydrogen-bond acceptors (Lipinski definition) is 0. The van der Waals surface area contributed by atoms with Gasteiger partial charge in [0.25, 0.3) is 0 Å². The Labute approximate surface area is 146 Å². The SMILES string of the molecule is C.CC.CC.Cc1cc2c(C)c(C(C)C)ccc2cc1C(C)C. The first-order valence-electron chi connectivity index (χ1n) is 8.95. The fourth-order valence-electron chi connectivity index (χ4n) is 2.91. The maximum atomic E-state index is 2.37. The summed E-state index contributed by atoms with van der Waals surface area (Å²) in [5.41, 5.74) is 5.81. The number of aryl methyl sites for hydroxylation is 2. The Morgan fingerprint density at radius 3 is 1.61 bits per heavy atom. The molecule has 0 heteroatoms. The van der Waals surface area contributed by atoms with Crippen LogP contribution < -0.4 is 0 Å². The van der Waals surface area contributed by atoms with Gasteiger partial charge in [0.2, 0.25) is 0 Å². The zero-order valence-corrected chi connectivity index (χ0v) is 16.5. The molecule has 0 atom stereocenters. The first kappa shape index (κ1) is 24.0. The average Bonchev–Trinajstić information content (AvgIpc) is 2.51. The Kier molecular flexibility index (Phi) is 11.7. The monoisotopic (exact) mass is 316 g/mol. The number of rotatable bonds is 2. The number of benzene rings is 2. The molecule has 0 bridgehead atoms. The van der Waals surface area contributed by atoms with E-state index >= 15 is 0 Å². The van der Waals surface area contributed by atoms with Crippen molar-refractivity contribution in [2.75, 3.05) is 0 Å². The van der Waals surface area contributed by atoms with Crippen molar-refractivity contribution < 1.29 is 0 Å². The predicted molar refractivity (Wildman–Crippen MR) is 111 cm³/mol. The summed E-state index contributed by atoms with van der Waals surface area (Å²) in [6, 6.07) is 9.31. The van der Waals surface area contributed by atoms with Crippen LogP contribution in [0.5, 0.6) is 0 Å². The van der Waals surface area contributed by atoms with Crippen molar-refractivity contribution in [3.05, 3.63) is 46.5 Å². The zero-order valence-electron chi connectivity index (χ0n) is 16.5. The zero-order chi connectivity index (χ0) is 17.4. The molecule has 0 aliphatic heterocycles. The molecule has 0 amide bonds. The molecule has 2 rings (SSSR count). The van der Waals surface area contributed by atoms with E-state index in [2.05, 4.69) is 65.8 Å². The Hall–Kier alpha value is -1.30. The summed E-state index contributed by atoms with van der Waals surface area (Å²) in [6.07, 6.45) is 0. The molecule has 0 heterocycles. The van der Waals surface area contributed by atoms with Crippen LogP contribution >= 0.6 is 0 Å². The van der Waals surface area contributed by atoms with E-state index in [0.29, 0.717) is 11.8 Å². The minimum absolute atomic E-state index is 0. The molecule has 132 valence electrons. The van der Waals surface area contributed by atoms with Crippen LogP contribution in [0.2, 0.25) is 0 Å². The van der Waals surface area contributed by atoms with Crippen LogP contribution in [-0.4, -0.2) is 0 Å². The fraction of sp³-hybridized carbons (Fsp3) is 0.565. The van der Waals surface area contributed by atoms with Crippen molar-refractivity contribution >= 4 is 10.8 Å². The van der Waals surface area contributed by atoms with Gasteiger partial charge in [0.15, 0.2) is 0 Å². The van der Waals surface area contributed by atoms with Crippen molar-refractivity contribution in [2.24, 2.45) is 0 Å². The van der Waals surface area contributed by atoms with Gasteiger partial charge in [-0.2, -0.15) is 0 Å². The van der Waals surface area contributed by atoms with Gasteiger partial charge in [0.05, 0.1) is 0 Å². The van der Waals surface area contributed by atoms with Gasteiger partial charge in [-0.05, 0) is 58.7 Å². The van der Waals surface area contributed by atoms with E-state index < -0.39 is 0 Å². The second kappa shape index (κ2) is 11.3. The molecular weight excluding hydrogens is 276 g/mol. The Morgan fingerprint density at radius 2 is 1.17 bits per heavy atom. The second-order valence-corrected chi connectivity index (χ2v) is 6.02. The molecule has 0 aliphatic rings. The maximum Gasteiger partial charge on any atom is -0.0149 e. The molecule has 0 nitrogen and oxygen atoms in total. The Balaban J connectivity index is 0. The number of hydrogen-bond donors (Lipinski definition) is 0. The van der Waals surface area contributed by atoms with Crippen LogP contribution in [0.15, 0.2) is 24.3 Å². The summed E-state index contributed by atoms with van der Waals surface area (Å²) in [5.74, 6) is 1.19. The smallest absolute Gasteiger partial charge is 0.0149 e. The first-order valence-corrected chi connectivity index (χ1v) is 8.95. The summed E-state index contributed by atoms with van der Waals surface area (Å²) in [5, 5.41) is 2.80. The molecule has 0 spiro atoms. The van der Waals surface area contributed by atoms with E-state index in [9.17, 15) is 0 Å². The van der Waals surface area contributed by atoms with Crippen LogP contribution in [-0.2, 0) is 0 Å². The molecule has 0 aromatic heterocycles. The van der Waals surface area contributed by atoms with E-state index in [0.717, 1.165) is 0 Å². The predicted octanol–water partition coefficient (Wildman–Crippen LogP) is 8.39. The molecule has 2 aromatic rings. The van der Waals surface area contributed by atoms with Gasteiger partial charge in [-0.15, -0.1) is 0 Å². The van der Waals surface area contributed by atoms with Gasteiger partial charge in [-0.3, -0.25) is 0 Å². The van der Waals surface area contributed by atoms with Gasteiger partial charge in [0, 0.05) is 0 Å². The summed E-state index contributed by atoms with van der Waals surface area (Å²) in [6.45, 7) is 21.6. The lowest BCUT2D eigenvalue weighted by atomic mass is 9.89. The van der Waals surface area contributed by atoms with Crippen LogP contribution in [0, 0.1) is 13.8 Å². The quantitative estimate of drug-likeness (QED) is 0.521. The topological polar surface area (TPSA) is 0 Å². The standard InChI is InChI=1S/C18H24.2C2H6.CH4/c1-11(2)16-8-7-15-10-17(12(3)4)13(5)9-18(15)14(16)6;2*1-2;/h7-12H,1-6H3;2*1-2H3;1H4. The lowest BCUT2D eigenvalue weighted by Gasteiger charge is -2.16. The van der Waals surface area contributed by atoms with E-state index in [1.54, 1.807) is 0 Å². The second-order valence-electron chi connectivity index (χ2n) is 6.02. The highest BCUT2D eigenvalue weighted by molar-refractivity contribution is 5.88. The lowest BCUT2D eigenvalue weighted by Crippen LogP contribution is -1.96. The van der Waals surface area contributed by atoms with Gasteiger partial charge < -0.3 is 0 Å². The van der Waals surface area contributed by atoms with E-state index in [4.69, 9.17) is 0 Å². The lowest BCUT2D eigenvalue weighted by molar-refractivity contribution is 0.855. The van der Waals surface area contributed by atoms with Crippen LogP contribution in [0.1, 0.15) is 96.9 Å². The summed E-state index contributed by atoms with van der Waals surface area (Å²) >= 11 is 0. The first-order chi connectivity index (χ1) is 10.4. The van der Waals surface area contributed by atoms with Crippen LogP contribution in [0.4, 0.5) is 0 Å². The van der Waals surface area contributed by atoms with Crippen molar-refractivity contribution in [3.8, 4) is 0 Å².